The Bertz CT molecular complexity index is 352. The molecule has 0 aliphatic carbocycles. The number of aliphatic imine (C=N–C) groups is 1. The summed E-state index contributed by atoms with van der Waals surface area (Å²) in [4.78, 5) is 4.39. The molecule has 0 aliphatic rings. The predicted molar refractivity (Wildman–Crippen MR) is 70.0 cm³/mol. The summed E-state index contributed by atoms with van der Waals surface area (Å²) in [5, 5.41) is 3.00. The van der Waals surface area contributed by atoms with Crippen LogP contribution in [0.4, 0.5) is 0 Å². The maximum absolute atomic E-state index is 4.39. The Morgan fingerprint density at radius 1 is 1.40 bits per heavy atom. The summed E-state index contributed by atoms with van der Waals surface area (Å²) in [5.74, 6) is 0. The molecule has 1 aromatic rings. The van der Waals surface area contributed by atoms with Crippen molar-refractivity contribution >= 4 is 27.8 Å². The van der Waals surface area contributed by atoms with Crippen molar-refractivity contribution in [1.29, 1.82) is 0 Å². The summed E-state index contributed by atoms with van der Waals surface area (Å²) in [6.07, 6.45) is 4.75. The number of rotatable bonds is 4. The minimum absolute atomic E-state index is 0.942. The number of nitrogens with zero attached hydrogens (tertiary/aromatic N) is 1. The van der Waals surface area contributed by atoms with E-state index >= 15 is 0 Å². The molecule has 2 nitrogen and oxygen atoms in total. The Morgan fingerprint density at radius 2 is 2.07 bits per heavy atom. The van der Waals surface area contributed by atoms with Gasteiger partial charge in [-0.05, 0) is 18.6 Å². The Balaban J connectivity index is 2.94. The van der Waals surface area contributed by atoms with E-state index < -0.39 is 0 Å². The lowest BCUT2D eigenvalue weighted by molar-refractivity contribution is 1.10. The van der Waals surface area contributed by atoms with E-state index in [0.29, 0.717) is 0 Å². The maximum atomic E-state index is 4.39. The van der Waals surface area contributed by atoms with Crippen LogP contribution in [0.25, 0.3) is 5.70 Å². The quantitative estimate of drug-likeness (QED) is 0.830. The van der Waals surface area contributed by atoms with Gasteiger partial charge in [-0.25, -0.2) is 0 Å². The Labute approximate surface area is 99.2 Å². The van der Waals surface area contributed by atoms with Crippen LogP contribution in [0.2, 0.25) is 0 Å². The minimum atomic E-state index is 0.942. The number of halogens is 1. The van der Waals surface area contributed by atoms with Gasteiger partial charge in [-0.2, -0.15) is 0 Å². The monoisotopic (exact) mass is 266 g/mol. The fraction of sp³-hybridized carbons (Fsp3) is 0.250. The molecule has 0 saturated carbocycles. The van der Waals surface area contributed by atoms with Gasteiger partial charge in [0.15, 0.2) is 0 Å². The van der Waals surface area contributed by atoms with Crippen LogP contribution in [-0.2, 0) is 0 Å². The Hall–Kier alpha value is -1.09. The highest BCUT2D eigenvalue weighted by atomic mass is 79.9. The highest BCUT2D eigenvalue weighted by Crippen LogP contribution is 2.18. The van der Waals surface area contributed by atoms with E-state index in [0.717, 1.165) is 22.2 Å². The molecule has 0 unspecified atom stereocenters. The second kappa shape index (κ2) is 6.40. The lowest BCUT2D eigenvalue weighted by Gasteiger charge is -2.02. The summed E-state index contributed by atoms with van der Waals surface area (Å²) in [6, 6.07) is 8.11. The minimum Gasteiger partial charge on any atom is -0.392 e. The number of benzene rings is 1. The van der Waals surface area contributed by atoms with Crippen LogP contribution < -0.4 is 5.32 Å². The summed E-state index contributed by atoms with van der Waals surface area (Å²) < 4.78 is 1.08. The highest BCUT2D eigenvalue weighted by Gasteiger charge is 1.97. The average molecular weight is 267 g/mol. The van der Waals surface area contributed by atoms with Gasteiger partial charge in [0.2, 0.25) is 0 Å². The molecule has 0 fully saturated rings. The average Bonchev–Trinajstić information content (AvgIpc) is 2.25. The molecule has 1 rings (SSSR count). The van der Waals surface area contributed by atoms with E-state index in [9.17, 15) is 0 Å². The van der Waals surface area contributed by atoms with E-state index in [2.05, 4.69) is 33.2 Å². The van der Waals surface area contributed by atoms with Gasteiger partial charge < -0.3 is 5.32 Å². The van der Waals surface area contributed by atoms with Crippen LogP contribution in [-0.4, -0.2) is 13.3 Å². The van der Waals surface area contributed by atoms with E-state index in [4.69, 9.17) is 0 Å². The summed E-state index contributed by atoms with van der Waals surface area (Å²) >= 11 is 3.41. The third-order valence-electron chi connectivity index (χ3n) is 1.83. The molecule has 80 valence electrons. The third kappa shape index (κ3) is 3.88. The highest BCUT2D eigenvalue weighted by molar-refractivity contribution is 9.10. The molecule has 0 amide bonds. The van der Waals surface area contributed by atoms with Gasteiger partial charge in [0.1, 0.15) is 0 Å². The summed E-state index contributed by atoms with van der Waals surface area (Å²) in [7, 11) is 1.88. The lowest BCUT2D eigenvalue weighted by Crippen LogP contribution is -1.95. The summed E-state index contributed by atoms with van der Waals surface area (Å²) in [6.45, 7) is 2.07. The van der Waals surface area contributed by atoms with Crippen molar-refractivity contribution in [2.45, 2.75) is 13.3 Å². The zero-order valence-corrected chi connectivity index (χ0v) is 10.6. The molecule has 0 radical (unpaired) electrons. The number of hydrogen-bond donors (Lipinski definition) is 1. The summed E-state index contributed by atoms with van der Waals surface area (Å²) in [5.41, 5.74) is 2.06. The maximum Gasteiger partial charge on any atom is 0.0854 e. The van der Waals surface area contributed by atoms with Gasteiger partial charge in [-0.3, -0.25) is 4.99 Å². The molecule has 1 aromatic carbocycles. The largest absolute Gasteiger partial charge is 0.392 e. The van der Waals surface area contributed by atoms with Crippen LogP contribution in [0.1, 0.15) is 18.9 Å². The molecule has 3 heteroatoms. The van der Waals surface area contributed by atoms with Crippen LogP contribution in [0.5, 0.6) is 0 Å². The fourth-order valence-corrected chi connectivity index (χ4v) is 1.41. The van der Waals surface area contributed by atoms with E-state index in [1.54, 1.807) is 0 Å². The fourth-order valence-electron chi connectivity index (χ4n) is 1.14. The Kier molecular flexibility index (Phi) is 5.12. The zero-order valence-electron chi connectivity index (χ0n) is 9.00. The van der Waals surface area contributed by atoms with Crippen LogP contribution in [0.15, 0.2) is 39.9 Å². The third-order valence-corrected chi connectivity index (χ3v) is 2.36. The van der Waals surface area contributed by atoms with Crippen molar-refractivity contribution in [2.75, 3.05) is 7.05 Å². The van der Waals surface area contributed by atoms with E-state index in [-0.39, 0.29) is 0 Å². The van der Waals surface area contributed by atoms with Gasteiger partial charge >= 0.3 is 0 Å². The molecule has 1 N–H and O–H groups in total. The van der Waals surface area contributed by atoms with E-state index in [1.165, 1.54) is 0 Å². The van der Waals surface area contributed by atoms with Crippen molar-refractivity contribution < 1.29 is 0 Å². The second-order valence-corrected chi connectivity index (χ2v) is 3.96. The van der Waals surface area contributed by atoms with Gasteiger partial charge in [-0.15, -0.1) is 0 Å². The number of nitrogens with one attached hydrogen (secondary N) is 1. The van der Waals surface area contributed by atoms with Crippen molar-refractivity contribution in [2.24, 2.45) is 4.99 Å². The zero-order chi connectivity index (χ0) is 11.1. The van der Waals surface area contributed by atoms with Crippen LogP contribution in [0, 0.1) is 0 Å². The van der Waals surface area contributed by atoms with Gasteiger partial charge in [0, 0.05) is 29.5 Å². The molecule has 15 heavy (non-hydrogen) atoms. The van der Waals surface area contributed by atoms with Crippen molar-refractivity contribution in [3.8, 4) is 0 Å². The van der Waals surface area contributed by atoms with Gasteiger partial charge in [-0.1, -0.05) is 35.0 Å². The van der Waals surface area contributed by atoms with Gasteiger partial charge in [0.25, 0.3) is 0 Å². The second-order valence-electron chi connectivity index (χ2n) is 3.05. The van der Waals surface area contributed by atoms with Crippen LogP contribution in [0.3, 0.4) is 0 Å². The molecular formula is C12H15BrN2. The van der Waals surface area contributed by atoms with Crippen molar-refractivity contribution in [1.82, 2.24) is 5.32 Å². The SMILES string of the molecule is CCC=N/C(=C\NC)c1ccc(Br)cc1. The molecule has 0 aromatic heterocycles. The smallest absolute Gasteiger partial charge is 0.0854 e. The first kappa shape index (κ1) is 12.0. The molecular weight excluding hydrogens is 252 g/mol. The normalized spacial score (nSPS) is 12.1. The molecule has 0 heterocycles. The number of hydrogen-bond acceptors (Lipinski definition) is 2. The van der Waals surface area contributed by atoms with E-state index in [1.807, 2.05) is 43.7 Å². The van der Waals surface area contributed by atoms with Crippen molar-refractivity contribution in [3.05, 3.63) is 40.5 Å². The topological polar surface area (TPSA) is 24.4 Å². The Morgan fingerprint density at radius 3 is 2.60 bits per heavy atom. The van der Waals surface area contributed by atoms with Crippen molar-refractivity contribution in [3.63, 3.8) is 0 Å². The molecule has 0 aliphatic heterocycles. The first-order valence-electron chi connectivity index (χ1n) is 4.93. The first-order valence-corrected chi connectivity index (χ1v) is 5.73. The molecule has 0 atom stereocenters. The first-order chi connectivity index (χ1) is 7.27. The molecule has 0 saturated heterocycles. The lowest BCUT2D eigenvalue weighted by atomic mass is 10.2. The predicted octanol–water partition coefficient (Wildman–Crippen LogP) is 3.45. The van der Waals surface area contributed by atoms with Crippen LogP contribution >= 0.6 is 15.9 Å². The molecule has 0 spiro atoms. The standard InChI is InChI=1S/C12H15BrN2/c1-3-8-15-12(9-14-2)10-4-6-11(13)7-5-10/h4-9,14H,3H2,1-2H3/b12-9-,15-8?. The molecule has 0 bridgehead atoms. The van der Waals surface area contributed by atoms with Gasteiger partial charge in [0.05, 0.1) is 5.70 Å².